The molecule has 7 nitrogen and oxygen atoms in total. The minimum absolute atomic E-state index is 0.102. The molecule has 1 N–H and O–H groups in total. The molecule has 0 radical (unpaired) electrons. The van der Waals surface area contributed by atoms with Crippen LogP contribution in [0.25, 0.3) is 0 Å². The van der Waals surface area contributed by atoms with E-state index in [2.05, 4.69) is 4.74 Å². The fourth-order valence-corrected chi connectivity index (χ4v) is 3.68. The van der Waals surface area contributed by atoms with Crippen molar-refractivity contribution in [2.45, 2.75) is 11.8 Å². The van der Waals surface area contributed by atoms with Crippen LogP contribution in [-0.2, 0) is 23.9 Å². The number of carboxylic acid groups (broad SMARTS) is 1. The number of carboxylic acids is 1. The fourth-order valence-electron chi connectivity index (χ4n) is 2.18. The summed E-state index contributed by atoms with van der Waals surface area (Å²) in [7, 11) is 1.36. The average Bonchev–Trinajstić information content (AvgIpc) is 2.43. The van der Waals surface area contributed by atoms with Crippen molar-refractivity contribution < 1.29 is 29.0 Å². The van der Waals surface area contributed by atoms with Gasteiger partial charge in [-0.05, 0) is 0 Å². The van der Waals surface area contributed by atoms with Crippen molar-refractivity contribution in [2.24, 2.45) is 5.92 Å². The maximum Gasteiger partial charge on any atom is 0.356 e. The first-order valence-electron chi connectivity index (χ1n) is 5.68. The van der Waals surface area contributed by atoms with Gasteiger partial charge < -0.3 is 14.6 Å². The van der Waals surface area contributed by atoms with Crippen LogP contribution in [0.2, 0.25) is 0 Å². The normalized spacial score (nSPS) is 24.9. The summed E-state index contributed by atoms with van der Waals surface area (Å²) in [4.78, 5) is 35.8. The quantitative estimate of drug-likeness (QED) is 0.450. The summed E-state index contributed by atoms with van der Waals surface area (Å²) in [6.45, 7) is 0. The summed E-state index contributed by atoms with van der Waals surface area (Å²) in [6, 6.07) is -0.268. The number of esters is 1. The third kappa shape index (κ3) is 2.45. The molecular weight excluding hydrogens is 310 g/mol. The van der Waals surface area contributed by atoms with Crippen molar-refractivity contribution in [1.29, 1.82) is 0 Å². The number of carbonyl (C=O) groups is 3. The van der Waals surface area contributed by atoms with Crippen LogP contribution in [0.1, 0.15) is 6.42 Å². The van der Waals surface area contributed by atoms with Gasteiger partial charge in [0.2, 0.25) is 5.91 Å². The summed E-state index contributed by atoms with van der Waals surface area (Å²) < 4.78 is 9.58. The molecule has 0 unspecified atom stereocenters. The van der Waals surface area contributed by atoms with Gasteiger partial charge >= 0.3 is 11.9 Å². The van der Waals surface area contributed by atoms with Gasteiger partial charge in [0.1, 0.15) is 5.76 Å². The number of halogens is 1. The number of β-lactam (4-membered cyclic amide) rings is 1. The van der Waals surface area contributed by atoms with Gasteiger partial charge in [-0.15, -0.1) is 11.8 Å². The molecule has 2 heterocycles. The number of hydrogen-bond acceptors (Lipinski definition) is 6. The predicted molar refractivity (Wildman–Crippen MR) is 69.7 cm³/mol. The standard InChI is InChI=1S/C11H12ClNO6S/c1-18-6-3-20-10-5(2-7(14)19-4-12)9(15)13(10)8(6)11(16)17/h5,10H,2-4H2,1H3,(H,16,17)/t5-,10-/m1/s1. The van der Waals surface area contributed by atoms with Crippen molar-refractivity contribution in [2.75, 3.05) is 18.9 Å². The van der Waals surface area contributed by atoms with Gasteiger partial charge in [-0.25, -0.2) is 4.79 Å². The number of alkyl halides is 1. The zero-order valence-electron chi connectivity index (χ0n) is 10.5. The Kier molecular flexibility index (Phi) is 4.44. The van der Waals surface area contributed by atoms with Crippen LogP contribution in [0.5, 0.6) is 0 Å². The Morgan fingerprint density at radius 1 is 1.55 bits per heavy atom. The molecule has 0 aromatic rings. The lowest BCUT2D eigenvalue weighted by molar-refractivity contribution is -0.158. The van der Waals surface area contributed by atoms with Crippen molar-refractivity contribution in [3.63, 3.8) is 0 Å². The molecule has 0 aromatic heterocycles. The molecule has 0 bridgehead atoms. The maximum absolute atomic E-state index is 12.0. The third-order valence-electron chi connectivity index (χ3n) is 3.09. The molecule has 2 rings (SSSR count). The Labute approximate surface area is 123 Å². The number of hydrogen-bond donors (Lipinski definition) is 1. The molecule has 1 fully saturated rings. The molecule has 1 saturated heterocycles. The van der Waals surface area contributed by atoms with Gasteiger partial charge in [0.05, 0.1) is 30.6 Å². The van der Waals surface area contributed by atoms with Crippen LogP contribution < -0.4 is 0 Å². The lowest BCUT2D eigenvalue weighted by Gasteiger charge is -2.48. The van der Waals surface area contributed by atoms with Crippen LogP contribution >= 0.6 is 23.4 Å². The van der Waals surface area contributed by atoms with Gasteiger partial charge in [-0.3, -0.25) is 14.5 Å². The minimum Gasteiger partial charge on any atom is -0.498 e. The van der Waals surface area contributed by atoms with Gasteiger partial charge in [0, 0.05) is 0 Å². The topological polar surface area (TPSA) is 93.1 Å². The molecule has 9 heteroatoms. The first kappa shape index (κ1) is 15.0. The molecule has 0 aliphatic carbocycles. The lowest BCUT2D eigenvalue weighted by atomic mass is 9.93. The second-order valence-corrected chi connectivity index (χ2v) is 5.45. The van der Waals surface area contributed by atoms with Crippen LogP contribution in [0.15, 0.2) is 11.5 Å². The highest BCUT2D eigenvalue weighted by molar-refractivity contribution is 8.00. The summed E-state index contributed by atoms with van der Waals surface area (Å²) >= 11 is 6.63. The van der Waals surface area contributed by atoms with E-state index >= 15 is 0 Å². The molecule has 2 atom stereocenters. The lowest BCUT2D eigenvalue weighted by Crippen LogP contribution is -2.61. The summed E-state index contributed by atoms with van der Waals surface area (Å²) in [6.07, 6.45) is -0.102. The highest BCUT2D eigenvalue weighted by atomic mass is 35.5. The van der Waals surface area contributed by atoms with Crippen molar-refractivity contribution in [3.8, 4) is 0 Å². The Balaban J connectivity index is 2.15. The van der Waals surface area contributed by atoms with Gasteiger partial charge in [0.15, 0.2) is 11.8 Å². The SMILES string of the molecule is COC1=C(C(=O)O)N2C(=O)[C@@H](CC(=O)OCCl)[C@H]2SC1. The minimum atomic E-state index is -1.22. The number of carbonyl (C=O) groups excluding carboxylic acids is 2. The number of nitrogens with zero attached hydrogens (tertiary/aromatic N) is 1. The Morgan fingerprint density at radius 3 is 2.80 bits per heavy atom. The fraction of sp³-hybridized carbons (Fsp3) is 0.545. The first-order chi connectivity index (χ1) is 9.51. The second-order valence-electron chi connectivity index (χ2n) is 4.13. The van der Waals surface area contributed by atoms with E-state index in [1.54, 1.807) is 0 Å². The zero-order valence-corrected chi connectivity index (χ0v) is 12.1. The molecule has 20 heavy (non-hydrogen) atoms. The van der Waals surface area contributed by atoms with E-state index in [9.17, 15) is 19.5 Å². The molecule has 0 aromatic carbocycles. The van der Waals surface area contributed by atoms with E-state index in [-0.39, 0.29) is 29.3 Å². The molecule has 0 spiro atoms. The monoisotopic (exact) mass is 321 g/mol. The Bertz CT molecular complexity index is 493. The number of ether oxygens (including phenoxy) is 2. The highest BCUT2D eigenvalue weighted by Gasteiger charge is 2.54. The average molecular weight is 322 g/mol. The highest BCUT2D eigenvalue weighted by Crippen LogP contribution is 2.45. The number of rotatable bonds is 5. The first-order valence-corrected chi connectivity index (χ1v) is 7.26. The molecule has 110 valence electrons. The maximum atomic E-state index is 12.0. The Morgan fingerprint density at radius 2 is 2.25 bits per heavy atom. The number of thioether (sulfide) groups is 1. The molecule has 2 aliphatic heterocycles. The van der Waals surface area contributed by atoms with Gasteiger partial charge in [-0.1, -0.05) is 11.6 Å². The number of aliphatic carboxylic acids is 1. The molecule has 1 amide bonds. The van der Waals surface area contributed by atoms with E-state index < -0.39 is 23.8 Å². The Hall–Kier alpha value is -1.41. The second kappa shape index (κ2) is 5.92. The molecule has 0 saturated carbocycles. The van der Waals surface area contributed by atoms with Gasteiger partial charge in [0.25, 0.3) is 0 Å². The van der Waals surface area contributed by atoms with E-state index in [1.807, 2.05) is 0 Å². The van der Waals surface area contributed by atoms with Gasteiger partial charge in [-0.2, -0.15) is 0 Å². The molecule has 2 aliphatic rings. The number of fused-ring (bicyclic) bond motifs is 1. The number of methoxy groups -OCH3 is 1. The van der Waals surface area contributed by atoms with Crippen LogP contribution in [0.3, 0.4) is 0 Å². The summed E-state index contributed by atoms with van der Waals surface area (Å²) in [5.41, 5.74) is -0.150. The summed E-state index contributed by atoms with van der Waals surface area (Å²) in [5, 5.41) is 8.80. The smallest absolute Gasteiger partial charge is 0.356 e. The van der Waals surface area contributed by atoms with E-state index in [0.29, 0.717) is 5.75 Å². The van der Waals surface area contributed by atoms with Crippen LogP contribution in [-0.4, -0.2) is 52.2 Å². The third-order valence-corrected chi connectivity index (χ3v) is 4.51. The largest absolute Gasteiger partial charge is 0.498 e. The predicted octanol–water partition coefficient (Wildman–Crippen LogP) is 0.590. The van der Waals surface area contributed by atoms with Crippen molar-refractivity contribution in [3.05, 3.63) is 11.5 Å². The summed E-state index contributed by atoms with van der Waals surface area (Å²) in [5.74, 6) is -2.20. The number of amides is 1. The molecular formula is C11H12ClNO6S. The van der Waals surface area contributed by atoms with Crippen LogP contribution in [0.4, 0.5) is 0 Å². The van der Waals surface area contributed by atoms with Crippen molar-refractivity contribution >= 4 is 41.2 Å². The zero-order chi connectivity index (χ0) is 14.9. The van der Waals surface area contributed by atoms with Crippen molar-refractivity contribution in [1.82, 2.24) is 4.90 Å². The van der Waals surface area contributed by atoms with E-state index in [4.69, 9.17) is 16.3 Å². The van der Waals surface area contributed by atoms with E-state index in [0.717, 1.165) is 4.90 Å². The van der Waals surface area contributed by atoms with E-state index in [1.165, 1.54) is 18.9 Å². The van der Waals surface area contributed by atoms with Crippen LogP contribution in [0, 0.1) is 5.92 Å².